The van der Waals surface area contributed by atoms with Crippen molar-refractivity contribution < 1.29 is 9.59 Å². The van der Waals surface area contributed by atoms with Gasteiger partial charge in [-0.1, -0.05) is 25.1 Å². The molecule has 5 rings (SSSR count). The summed E-state index contributed by atoms with van der Waals surface area (Å²) in [6.07, 6.45) is 5.60. The van der Waals surface area contributed by atoms with Crippen LogP contribution in [0.1, 0.15) is 43.0 Å². The predicted octanol–water partition coefficient (Wildman–Crippen LogP) is 3.18. The van der Waals surface area contributed by atoms with Gasteiger partial charge in [0.05, 0.1) is 0 Å². The standard InChI is InChI=1S/C22H29N3O2/c1-3-6-21(26)19-14-24(20-8-5-4-7-18(19)20)15-22(27)25-12-16-9-10-17(25)13-23(2)11-16/h4-5,7-8,14,16-17H,3,6,9-13,15H2,1-2H3/t16-,17+/m1/s1. The molecular weight excluding hydrogens is 338 g/mol. The summed E-state index contributed by atoms with van der Waals surface area (Å²) in [6.45, 7) is 5.25. The van der Waals surface area contributed by atoms with E-state index in [1.807, 2.05) is 42.0 Å². The first-order valence-electron chi connectivity index (χ1n) is 10.2. The van der Waals surface area contributed by atoms with Crippen molar-refractivity contribution in [3.05, 3.63) is 36.0 Å². The highest BCUT2D eigenvalue weighted by atomic mass is 16.2. The van der Waals surface area contributed by atoms with Crippen LogP contribution in [0, 0.1) is 5.92 Å². The fourth-order valence-electron chi connectivity index (χ4n) is 4.82. The number of Topliss-reactive ketones (excluding diaryl/α,β-unsaturated/α-hetero) is 1. The number of likely N-dealkylation sites (N-methyl/N-ethyl adjacent to an activating group) is 1. The number of rotatable bonds is 5. The molecule has 0 saturated carbocycles. The average molecular weight is 367 g/mol. The molecule has 0 radical (unpaired) electrons. The van der Waals surface area contributed by atoms with E-state index in [0.717, 1.165) is 48.9 Å². The summed E-state index contributed by atoms with van der Waals surface area (Å²) < 4.78 is 1.98. The number of para-hydroxylation sites is 1. The topological polar surface area (TPSA) is 45.6 Å². The number of hydrogen-bond donors (Lipinski definition) is 0. The van der Waals surface area contributed by atoms with Gasteiger partial charge in [0, 0.05) is 54.8 Å². The Bertz CT molecular complexity index is 856. The van der Waals surface area contributed by atoms with Crippen molar-refractivity contribution in [2.45, 2.75) is 45.2 Å². The molecule has 0 aliphatic carbocycles. The lowest BCUT2D eigenvalue weighted by atomic mass is 9.95. The summed E-state index contributed by atoms with van der Waals surface area (Å²) >= 11 is 0. The van der Waals surface area contributed by atoms with Gasteiger partial charge in [-0.2, -0.15) is 0 Å². The van der Waals surface area contributed by atoms with Gasteiger partial charge in [0.25, 0.3) is 0 Å². The maximum absolute atomic E-state index is 13.2. The number of nitrogens with zero attached hydrogens (tertiary/aromatic N) is 3. The Hall–Kier alpha value is -2.14. The van der Waals surface area contributed by atoms with Crippen LogP contribution in [0.4, 0.5) is 0 Å². The highest BCUT2D eigenvalue weighted by Crippen LogP contribution is 2.28. The molecule has 2 aromatic rings. The summed E-state index contributed by atoms with van der Waals surface area (Å²) in [5.74, 6) is 0.923. The minimum absolute atomic E-state index is 0.162. The van der Waals surface area contributed by atoms with Crippen LogP contribution in [-0.2, 0) is 11.3 Å². The Kier molecular flexibility index (Phi) is 5.04. The molecule has 27 heavy (non-hydrogen) atoms. The summed E-state index contributed by atoms with van der Waals surface area (Å²) in [4.78, 5) is 30.2. The van der Waals surface area contributed by atoms with Crippen molar-refractivity contribution in [1.82, 2.24) is 14.4 Å². The van der Waals surface area contributed by atoms with Crippen LogP contribution in [0.15, 0.2) is 30.5 Å². The zero-order chi connectivity index (χ0) is 19.0. The third-order valence-electron chi connectivity index (χ3n) is 6.09. The largest absolute Gasteiger partial charge is 0.337 e. The number of carbonyl (C=O) groups is 2. The fourth-order valence-corrected chi connectivity index (χ4v) is 4.82. The lowest BCUT2D eigenvalue weighted by molar-refractivity contribution is -0.135. The molecule has 1 amide bonds. The van der Waals surface area contributed by atoms with Gasteiger partial charge in [-0.05, 0) is 38.3 Å². The van der Waals surface area contributed by atoms with Crippen LogP contribution in [0.25, 0.3) is 10.9 Å². The molecule has 5 nitrogen and oxygen atoms in total. The van der Waals surface area contributed by atoms with Gasteiger partial charge in [0.1, 0.15) is 6.54 Å². The van der Waals surface area contributed by atoms with Crippen molar-refractivity contribution in [3.8, 4) is 0 Å². The molecule has 0 spiro atoms. The van der Waals surface area contributed by atoms with Crippen molar-refractivity contribution >= 4 is 22.6 Å². The summed E-state index contributed by atoms with van der Waals surface area (Å²) in [7, 11) is 2.16. The van der Waals surface area contributed by atoms with Gasteiger partial charge in [0.2, 0.25) is 5.91 Å². The monoisotopic (exact) mass is 367 g/mol. The van der Waals surface area contributed by atoms with E-state index < -0.39 is 0 Å². The predicted molar refractivity (Wildman–Crippen MR) is 107 cm³/mol. The summed E-state index contributed by atoms with van der Waals surface area (Å²) in [5.41, 5.74) is 1.72. The third kappa shape index (κ3) is 3.53. The summed E-state index contributed by atoms with van der Waals surface area (Å²) in [5, 5.41) is 0.959. The van der Waals surface area contributed by atoms with Crippen molar-refractivity contribution in [1.29, 1.82) is 0 Å². The van der Waals surface area contributed by atoms with Gasteiger partial charge in [0.15, 0.2) is 5.78 Å². The van der Waals surface area contributed by atoms with E-state index >= 15 is 0 Å². The molecule has 144 valence electrons. The third-order valence-corrected chi connectivity index (χ3v) is 6.09. The van der Waals surface area contributed by atoms with Crippen LogP contribution < -0.4 is 0 Å². The van der Waals surface area contributed by atoms with E-state index in [9.17, 15) is 9.59 Å². The summed E-state index contributed by atoms with van der Waals surface area (Å²) in [6, 6.07) is 8.25. The molecule has 2 atom stereocenters. The van der Waals surface area contributed by atoms with Crippen LogP contribution >= 0.6 is 0 Å². The molecule has 3 aliphatic heterocycles. The van der Waals surface area contributed by atoms with Crippen LogP contribution in [0.5, 0.6) is 0 Å². The number of piperidine rings is 1. The molecule has 3 saturated heterocycles. The number of fused-ring (bicyclic) bond motifs is 5. The number of benzene rings is 1. The Morgan fingerprint density at radius 2 is 1.93 bits per heavy atom. The Labute approximate surface area is 160 Å². The molecule has 2 bridgehead atoms. The Morgan fingerprint density at radius 1 is 1.11 bits per heavy atom. The van der Waals surface area contributed by atoms with Gasteiger partial charge < -0.3 is 14.4 Å². The van der Waals surface area contributed by atoms with E-state index in [0.29, 0.717) is 24.9 Å². The van der Waals surface area contributed by atoms with E-state index in [4.69, 9.17) is 0 Å². The number of carbonyl (C=O) groups excluding carboxylic acids is 2. The normalized spacial score (nSPS) is 23.0. The smallest absolute Gasteiger partial charge is 0.242 e. The molecule has 1 aromatic heterocycles. The first kappa shape index (κ1) is 18.2. The molecule has 1 aromatic carbocycles. The lowest BCUT2D eigenvalue weighted by Crippen LogP contribution is -2.48. The molecule has 3 fully saturated rings. The minimum atomic E-state index is 0.162. The lowest BCUT2D eigenvalue weighted by Gasteiger charge is -2.36. The minimum Gasteiger partial charge on any atom is -0.337 e. The van der Waals surface area contributed by atoms with Crippen LogP contribution in [0.2, 0.25) is 0 Å². The van der Waals surface area contributed by atoms with Gasteiger partial charge in [-0.15, -0.1) is 0 Å². The molecular formula is C22H29N3O2. The zero-order valence-electron chi connectivity index (χ0n) is 16.4. The molecule has 4 heterocycles. The number of ketones is 1. The maximum atomic E-state index is 13.2. The van der Waals surface area contributed by atoms with E-state index in [2.05, 4.69) is 16.8 Å². The average Bonchev–Trinajstić information content (AvgIpc) is 2.80. The van der Waals surface area contributed by atoms with Gasteiger partial charge in [-0.25, -0.2) is 0 Å². The van der Waals surface area contributed by atoms with Gasteiger partial charge in [-0.3, -0.25) is 9.59 Å². The van der Waals surface area contributed by atoms with Crippen molar-refractivity contribution in [2.75, 3.05) is 26.7 Å². The molecule has 3 aliphatic rings. The van der Waals surface area contributed by atoms with Crippen LogP contribution in [0.3, 0.4) is 0 Å². The zero-order valence-corrected chi connectivity index (χ0v) is 16.4. The Balaban J connectivity index is 1.60. The SMILES string of the molecule is CCCC(=O)c1cn(CC(=O)N2C[C@@H]3CC[C@H]2CN(C)C3)c2ccccc12. The fraction of sp³-hybridized carbons (Fsp3) is 0.545. The molecule has 0 unspecified atom stereocenters. The highest BCUT2D eigenvalue weighted by Gasteiger charge is 2.36. The van der Waals surface area contributed by atoms with Crippen LogP contribution in [-0.4, -0.2) is 58.8 Å². The number of amides is 1. The second kappa shape index (κ2) is 7.47. The Morgan fingerprint density at radius 3 is 2.74 bits per heavy atom. The maximum Gasteiger partial charge on any atom is 0.242 e. The second-order valence-corrected chi connectivity index (χ2v) is 8.23. The number of aromatic nitrogens is 1. The first-order valence-corrected chi connectivity index (χ1v) is 10.2. The van der Waals surface area contributed by atoms with Crippen molar-refractivity contribution in [3.63, 3.8) is 0 Å². The quantitative estimate of drug-likeness (QED) is 0.763. The second-order valence-electron chi connectivity index (χ2n) is 8.23. The molecule has 0 N–H and O–H groups in total. The van der Waals surface area contributed by atoms with E-state index in [1.165, 1.54) is 6.42 Å². The van der Waals surface area contributed by atoms with E-state index in [1.54, 1.807) is 0 Å². The van der Waals surface area contributed by atoms with Crippen molar-refractivity contribution in [2.24, 2.45) is 5.92 Å². The molecule has 5 heteroatoms. The highest BCUT2D eigenvalue weighted by molar-refractivity contribution is 6.08. The van der Waals surface area contributed by atoms with Gasteiger partial charge >= 0.3 is 0 Å². The first-order chi connectivity index (χ1) is 13.1. The number of hydrogen-bond acceptors (Lipinski definition) is 3. The van der Waals surface area contributed by atoms with E-state index in [-0.39, 0.29) is 11.7 Å².